The van der Waals surface area contributed by atoms with Crippen molar-refractivity contribution in [3.63, 3.8) is 0 Å². The fraction of sp³-hybridized carbons (Fsp3) is 0.150. The van der Waals surface area contributed by atoms with Gasteiger partial charge in [0.05, 0.1) is 27.9 Å². The summed E-state index contributed by atoms with van der Waals surface area (Å²) in [5, 5.41) is 11.6. The summed E-state index contributed by atoms with van der Waals surface area (Å²) in [5.41, 5.74) is 0.559. The maximum absolute atomic E-state index is 12.5. The smallest absolute Gasteiger partial charge is 0.276 e. The van der Waals surface area contributed by atoms with Crippen LogP contribution in [0.15, 0.2) is 59.4 Å². The molecule has 0 unspecified atom stereocenters. The standard InChI is InChI=1S/C20H18N4O4/c1-2-23(13-18-21-16-9-5-4-8-15(16)20(26)22-18)19(25)12-11-14-7-3-6-10-17(14)24(27)28/h3-12H,2,13H2,1H3,(H,21,22,26). The molecule has 2 aromatic carbocycles. The number of hydrogen-bond acceptors (Lipinski definition) is 5. The van der Waals surface area contributed by atoms with Crippen LogP contribution in [0.2, 0.25) is 0 Å². The minimum absolute atomic E-state index is 0.0740. The Hall–Kier alpha value is -3.81. The molecule has 0 fully saturated rings. The molecule has 0 aliphatic heterocycles. The third-order valence-corrected chi connectivity index (χ3v) is 4.23. The Labute approximate surface area is 160 Å². The summed E-state index contributed by atoms with van der Waals surface area (Å²) >= 11 is 0. The first kappa shape index (κ1) is 19.0. The molecule has 0 bridgehead atoms. The number of nitro benzene ring substituents is 1. The van der Waals surface area contributed by atoms with Crippen molar-refractivity contribution in [3.05, 3.63) is 86.5 Å². The predicted molar refractivity (Wildman–Crippen MR) is 106 cm³/mol. The van der Waals surface area contributed by atoms with Crippen molar-refractivity contribution >= 4 is 28.6 Å². The second-order valence-electron chi connectivity index (χ2n) is 6.03. The van der Waals surface area contributed by atoms with Crippen LogP contribution in [0.3, 0.4) is 0 Å². The summed E-state index contributed by atoms with van der Waals surface area (Å²) < 4.78 is 0. The lowest BCUT2D eigenvalue weighted by atomic mass is 10.1. The molecule has 1 aromatic heterocycles. The Bertz CT molecular complexity index is 1120. The summed E-state index contributed by atoms with van der Waals surface area (Å²) in [5.74, 6) is 0.0365. The summed E-state index contributed by atoms with van der Waals surface area (Å²) in [7, 11) is 0. The Morgan fingerprint density at radius 1 is 1.21 bits per heavy atom. The zero-order valence-electron chi connectivity index (χ0n) is 15.2. The van der Waals surface area contributed by atoms with Crippen LogP contribution in [-0.4, -0.2) is 32.2 Å². The lowest BCUT2D eigenvalue weighted by Crippen LogP contribution is -2.30. The molecule has 3 aromatic rings. The van der Waals surface area contributed by atoms with Gasteiger partial charge in [-0.15, -0.1) is 0 Å². The van der Waals surface area contributed by atoms with E-state index in [4.69, 9.17) is 0 Å². The molecule has 8 heteroatoms. The van der Waals surface area contributed by atoms with Crippen LogP contribution in [0.4, 0.5) is 5.69 Å². The number of nitrogens with one attached hydrogen (secondary N) is 1. The van der Waals surface area contributed by atoms with Gasteiger partial charge in [-0.1, -0.05) is 24.3 Å². The number of carbonyl (C=O) groups is 1. The topological polar surface area (TPSA) is 109 Å². The summed E-state index contributed by atoms with van der Waals surface area (Å²) in [6.07, 6.45) is 2.70. The normalized spacial score (nSPS) is 11.0. The largest absolute Gasteiger partial charge is 0.332 e. The number of amides is 1. The number of fused-ring (bicyclic) bond motifs is 1. The third-order valence-electron chi connectivity index (χ3n) is 4.23. The Morgan fingerprint density at radius 2 is 1.93 bits per heavy atom. The van der Waals surface area contributed by atoms with E-state index in [2.05, 4.69) is 9.97 Å². The molecule has 0 aliphatic rings. The monoisotopic (exact) mass is 378 g/mol. The van der Waals surface area contributed by atoms with Gasteiger partial charge in [-0.05, 0) is 31.2 Å². The van der Waals surface area contributed by atoms with Gasteiger partial charge in [-0.2, -0.15) is 0 Å². The average molecular weight is 378 g/mol. The van der Waals surface area contributed by atoms with Crippen LogP contribution < -0.4 is 5.56 Å². The van der Waals surface area contributed by atoms with E-state index in [0.717, 1.165) is 0 Å². The molecule has 0 saturated heterocycles. The van der Waals surface area contributed by atoms with Crippen LogP contribution in [0.5, 0.6) is 0 Å². The number of aromatic amines is 1. The Kier molecular flexibility index (Phi) is 5.59. The SMILES string of the molecule is CCN(Cc1nc2ccccc2c(=O)[nH]1)C(=O)C=Cc1ccccc1[N+](=O)[O-]. The lowest BCUT2D eigenvalue weighted by molar-refractivity contribution is -0.385. The molecular weight excluding hydrogens is 360 g/mol. The molecule has 0 atom stereocenters. The third kappa shape index (κ3) is 4.12. The summed E-state index contributed by atoms with van der Waals surface area (Å²) in [6.45, 7) is 2.31. The molecule has 3 rings (SSSR count). The van der Waals surface area contributed by atoms with Gasteiger partial charge < -0.3 is 9.88 Å². The van der Waals surface area contributed by atoms with Gasteiger partial charge >= 0.3 is 0 Å². The zero-order chi connectivity index (χ0) is 20.1. The number of H-pyrrole nitrogens is 1. The van der Waals surface area contributed by atoms with Crippen molar-refractivity contribution in [2.75, 3.05) is 6.54 Å². The van der Waals surface area contributed by atoms with E-state index >= 15 is 0 Å². The van der Waals surface area contributed by atoms with E-state index in [1.807, 2.05) is 0 Å². The maximum Gasteiger partial charge on any atom is 0.276 e. The van der Waals surface area contributed by atoms with Crippen LogP contribution in [0, 0.1) is 10.1 Å². The maximum atomic E-state index is 12.5. The number of likely N-dealkylation sites (N-methyl/N-ethyl adjacent to an activating group) is 1. The van der Waals surface area contributed by atoms with E-state index in [1.54, 1.807) is 49.4 Å². The van der Waals surface area contributed by atoms with Gasteiger partial charge in [0.1, 0.15) is 5.82 Å². The highest BCUT2D eigenvalue weighted by Gasteiger charge is 2.14. The van der Waals surface area contributed by atoms with Gasteiger partial charge in [0.25, 0.3) is 11.2 Å². The van der Waals surface area contributed by atoms with Crippen molar-refractivity contribution in [3.8, 4) is 0 Å². The van der Waals surface area contributed by atoms with E-state index in [0.29, 0.717) is 28.8 Å². The molecule has 0 radical (unpaired) electrons. The summed E-state index contributed by atoms with van der Waals surface area (Å²) in [6, 6.07) is 13.1. The van der Waals surface area contributed by atoms with E-state index in [9.17, 15) is 19.7 Å². The van der Waals surface area contributed by atoms with Crippen LogP contribution in [-0.2, 0) is 11.3 Å². The number of carbonyl (C=O) groups excluding carboxylic acids is 1. The molecule has 0 aliphatic carbocycles. The first-order valence-corrected chi connectivity index (χ1v) is 8.68. The Balaban J connectivity index is 1.81. The Morgan fingerprint density at radius 3 is 2.68 bits per heavy atom. The van der Waals surface area contributed by atoms with Crippen molar-refractivity contribution < 1.29 is 9.72 Å². The number of aromatic nitrogens is 2. The quantitative estimate of drug-likeness (QED) is 0.403. The van der Waals surface area contributed by atoms with Gasteiger partial charge in [0.15, 0.2) is 0 Å². The number of nitrogens with zero attached hydrogens (tertiary/aromatic N) is 3. The minimum atomic E-state index is -0.495. The second kappa shape index (κ2) is 8.26. The number of hydrogen-bond donors (Lipinski definition) is 1. The zero-order valence-corrected chi connectivity index (χ0v) is 15.2. The number of benzene rings is 2. The molecule has 8 nitrogen and oxygen atoms in total. The minimum Gasteiger partial charge on any atom is -0.332 e. The first-order valence-electron chi connectivity index (χ1n) is 8.68. The molecule has 1 N–H and O–H groups in total. The molecule has 0 spiro atoms. The number of rotatable bonds is 6. The highest BCUT2D eigenvalue weighted by Crippen LogP contribution is 2.19. The van der Waals surface area contributed by atoms with Crippen LogP contribution in [0.25, 0.3) is 17.0 Å². The van der Waals surface area contributed by atoms with E-state index in [1.165, 1.54) is 23.1 Å². The molecule has 28 heavy (non-hydrogen) atoms. The van der Waals surface area contributed by atoms with Gasteiger partial charge in [0, 0.05) is 18.7 Å². The predicted octanol–water partition coefficient (Wildman–Crippen LogP) is 2.89. The summed E-state index contributed by atoms with van der Waals surface area (Å²) in [4.78, 5) is 43.9. The van der Waals surface area contributed by atoms with Crippen molar-refractivity contribution in [2.45, 2.75) is 13.5 Å². The van der Waals surface area contributed by atoms with E-state index < -0.39 is 4.92 Å². The number of nitro groups is 1. The molecule has 0 saturated carbocycles. The fourth-order valence-electron chi connectivity index (χ4n) is 2.80. The van der Waals surface area contributed by atoms with Crippen molar-refractivity contribution in [1.82, 2.24) is 14.9 Å². The van der Waals surface area contributed by atoms with Gasteiger partial charge in [0.2, 0.25) is 5.91 Å². The van der Waals surface area contributed by atoms with Crippen molar-refractivity contribution in [1.29, 1.82) is 0 Å². The van der Waals surface area contributed by atoms with Gasteiger partial charge in [-0.25, -0.2) is 4.98 Å². The van der Waals surface area contributed by atoms with Crippen molar-refractivity contribution in [2.24, 2.45) is 0 Å². The lowest BCUT2D eigenvalue weighted by Gasteiger charge is -2.18. The molecular formula is C20H18N4O4. The second-order valence-corrected chi connectivity index (χ2v) is 6.03. The highest BCUT2D eigenvalue weighted by atomic mass is 16.6. The molecule has 1 heterocycles. The van der Waals surface area contributed by atoms with E-state index in [-0.39, 0.29) is 23.7 Å². The number of para-hydroxylation sites is 2. The highest BCUT2D eigenvalue weighted by molar-refractivity contribution is 5.92. The van der Waals surface area contributed by atoms with Gasteiger partial charge in [-0.3, -0.25) is 19.7 Å². The van der Waals surface area contributed by atoms with Crippen LogP contribution >= 0.6 is 0 Å². The first-order chi connectivity index (χ1) is 13.5. The molecule has 1 amide bonds. The fourth-order valence-corrected chi connectivity index (χ4v) is 2.80. The molecule has 142 valence electrons. The van der Waals surface area contributed by atoms with Crippen LogP contribution in [0.1, 0.15) is 18.3 Å². The average Bonchev–Trinajstić information content (AvgIpc) is 2.70.